The lowest BCUT2D eigenvalue weighted by atomic mass is 10.2. The number of hydrogen-bond donors (Lipinski definition) is 1. The van der Waals surface area contributed by atoms with E-state index in [0.29, 0.717) is 13.0 Å². The highest BCUT2D eigenvalue weighted by molar-refractivity contribution is 7.99. The summed E-state index contributed by atoms with van der Waals surface area (Å²) in [6.07, 6.45) is 4.35. The average molecular weight is 302 g/mol. The second kappa shape index (κ2) is 8.40. The zero-order valence-corrected chi connectivity index (χ0v) is 12.8. The minimum Gasteiger partial charge on any atom is -0.493 e. The maximum absolute atomic E-state index is 8.66. The van der Waals surface area contributed by atoms with Crippen molar-refractivity contribution >= 4 is 11.8 Å². The van der Waals surface area contributed by atoms with E-state index in [0.717, 1.165) is 22.0 Å². The third kappa shape index (κ3) is 5.54. The number of aliphatic hydroxyl groups is 1. The Kier molecular flexibility index (Phi) is 6.20. The van der Waals surface area contributed by atoms with E-state index in [1.165, 1.54) is 0 Å². The summed E-state index contributed by atoms with van der Waals surface area (Å²) in [4.78, 5) is 1.15. The van der Waals surface area contributed by atoms with Crippen LogP contribution in [-0.2, 0) is 7.05 Å². The number of benzene rings is 1. The van der Waals surface area contributed by atoms with Crippen LogP contribution in [0.1, 0.15) is 12.0 Å². The highest BCUT2D eigenvalue weighted by Crippen LogP contribution is 2.17. The van der Waals surface area contributed by atoms with Crippen LogP contribution in [0.2, 0.25) is 0 Å². The Bertz CT molecular complexity index is 611. The molecule has 0 saturated carbocycles. The highest BCUT2D eigenvalue weighted by Gasteiger charge is 1.98. The van der Waals surface area contributed by atoms with Gasteiger partial charge in [0.1, 0.15) is 5.75 Å². The summed E-state index contributed by atoms with van der Waals surface area (Å²) in [6.45, 7) is 0.748. The Morgan fingerprint density at radius 1 is 1.33 bits per heavy atom. The fourth-order valence-electron chi connectivity index (χ4n) is 1.65. The standard InChI is InChI=1S/C16H18N2O2S/c1-18-13-16(12-17-18)21-11-10-20-15-7-5-14(6-8-15)4-2-3-9-19/h5-8,12-13,19H,3,9-11H2,1H3. The SMILES string of the molecule is Cn1cc(SCCOc2ccc(C#CCCO)cc2)cn1. The van der Waals surface area contributed by atoms with Gasteiger partial charge >= 0.3 is 0 Å². The van der Waals surface area contributed by atoms with Crippen molar-refractivity contribution in [2.45, 2.75) is 11.3 Å². The Morgan fingerprint density at radius 3 is 2.81 bits per heavy atom. The Labute approximate surface area is 129 Å². The monoisotopic (exact) mass is 302 g/mol. The number of aliphatic hydroxyl groups excluding tert-OH is 1. The van der Waals surface area contributed by atoms with Crippen LogP contribution in [0.25, 0.3) is 0 Å². The molecule has 0 spiro atoms. The summed E-state index contributed by atoms with van der Waals surface area (Å²) in [5.41, 5.74) is 0.931. The van der Waals surface area contributed by atoms with Gasteiger partial charge in [-0.25, -0.2) is 0 Å². The predicted octanol–water partition coefficient (Wildman–Crippen LogP) is 2.33. The molecule has 1 aromatic heterocycles. The van der Waals surface area contributed by atoms with Crippen molar-refractivity contribution in [2.75, 3.05) is 19.0 Å². The van der Waals surface area contributed by atoms with Crippen molar-refractivity contribution in [3.63, 3.8) is 0 Å². The number of rotatable bonds is 6. The van der Waals surface area contributed by atoms with Gasteiger partial charge in [0.05, 0.1) is 19.4 Å². The van der Waals surface area contributed by atoms with Crippen molar-refractivity contribution in [1.29, 1.82) is 0 Å². The summed E-state index contributed by atoms with van der Waals surface area (Å²) in [7, 11) is 1.91. The topological polar surface area (TPSA) is 47.3 Å². The first-order valence-electron chi connectivity index (χ1n) is 6.72. The molecular formula is C16H18N2O2S. The number of ether oxygens (including phenoxy) is 1. The van der Waals surface area contributed by atoms with Crippen molar-refractivity contribution in [3.8, 4) is 17.6 Å². The smallest absolute Gasteiger partial charge is 0.119 e. The van der Waals surface area contributed by atoms with Gasteiger partial charge in [-0.1, -0.05) is 11.8 Å². The highest BCUT2D eigenvalue weighted by atomic mass is 32.2. The Morgan fingerprint density at radius 2 is 2.14 bits per heavy atom. The lowest BCUT2D eigenvalue weighted by molar-refractivity contribution is 0.305. The molecule has 0 saturated heterocycles. The van der Waals surface area contributed by atoms with Gasteiger partial charge in [-0.2, -0.15) is 5.10 Å². The molecule has 0 fully saturated rings. The molecule has 2 rings (SSSR count). The van der Waals surface area contributed by atoms with Crippen LogP contribution >= 0.6 is 11.8 Å². The lowest BCUT2D eigenvalue weighted by Crippen LogP contribution is -1.99. The first-order chi connectivity index (χ1) is 10.3. The quantitative estimate of drug-likeness (QED) is 0.505. The number of nitrogens with zero attached hydrogens (tertiary/aromatic N) is 2. The Hall–Kier alpha value is -1.90. The fraction of sp³-hybridized carbons (Fsp3) is 0.312. The molecule has 5 heteroatoms. The Balaban J connectivity index is 1.72. The van der Waals surface area contributed by atoms with E-state index < -0.39 is 0 Å². The molecule has 1 heterocycles. The van der Waals surface area contributed by atoms with E-state index in [1.54, 1.807) is 16.4 Å². The zero-order valence-electron chi connectivity index (χ0n) is 12.0. The van der Waals surface area contributed by atoms with Crippen LogP contribution in [0.4, 0.5) is 0 Å². The first kappa shape index (κ1) is 15.5. The van der Waals surface area contributed by atoms with Gasteiger partial charge in [0.15, 0.2) is 0 Å². The van der Waals surface area contributed by atoms with Crippen LogP contribution in [0, 0.1) is 11.8 Å². The van der Waals surface area contributed by atoms with Gasteiger partial charge in [0.25, 0.3) is 0 Å². The van der Waals surface area contributed by atoms with E-state index in [-0.39, 0.29) is 6.61 Å². The number of aromatic nitrogens is 2. The maximum atomic E-state index is 8.66. The summed E-state index contributed by atoms with van der Waals surface area (Å²) >= 11 is 1.72. The second-order valence-electron chi connectivity index (χ2n) is 4.35. The molecule has 0 unspecified atom stereocenters. The molecule has 4 nitrogen and oxygen atoms in total. The van der Waals surface area contributed by atoms with E-state index in [4.69, 9.17) is 9.84 Å². The summed E-state index contributed by atoms with van der Waals surface area (Å²) in [5.74, 6) is 7.60. The van der Waals surface area contributed by atoms with Crippen LogP contribution in [-0.4, -0.2) is 33.9 Å². The molecule has 0 atom stereocenters. The van der Waals surface area contributed by atoms with E-state index >= 15 is 0 Å². The second-order valence-corrected chi connectivity index (χ2v) is 5.51. The third-order valence-corrected chi connectivity index (χ3v) is 3.54. The number of thioether (sulfide) groups is 1. The van der Waals surface area contributed by atoms with Crippen LogP contribution in [0.3, 0.4) is 0 Å². The molecule has 0 bridgehead atoms. The average Bonchev–Trinajstić information content (AvgIpc) is 2.91. The molecule has 1 N–H and O–H groups in total. The summed E-state index contributed by atoms with van der Waals surface area (Å²) in [6, 6.07) is 7.68. The van der Waals surface area contributed by atoms with Gasteiger partial charge in [-0.3, -0.25) is 4.68 Å². The first-order valence-corrected chi connectivity index (χ1v) is 7.70. The van der Waals surface area contributed by atoms with Gasteiger partial charge < -0.3 is 9.84 Å². The lowest BCUT2D eigenvalue weighted by Gasteiger charge is -2.05. The molecule has 110 valence electrons. The molecule has 0 aliphatic heterocycles. The van der Waals surface area contributed by atoms with Gasteiger partial charge in [0, 0.05) is 35.9 Å². The predicted molar refractivity (Wildman–Crippen MR) is 84.4 cm³/mol. The van der Waals surface area contributed by atoms with E-state index in [1.807, 2.05) is 43.7 Å². The van der Waals surface area contributed by atoms with E-state index in [9.17, 15) is 0 Å². The molecule has 0 aliphatic rings. The summed E-state index contributed by atoms with van der Waals surface area (Å²) < 4.78 is 7.47. The largest absolute Gasteiger partial charge is 0.493 e. The fourth-order valence-corrected chi connectivity index (χ4v) is 2.40. The minimum absolute atomic E-state index is 0.1000. The number of aryl methyl sites for hydroxylation is 1. The molecule has 0 radical (unpaired) electrons. The van der Waals surface area contributed by atoms with Crippen molar-refractivity contribution < 1.29 is 9.84 Å². The molecule has 21 heavy (non-hydrogen) atoms. The summed E-state index contributed by atoms with van der Waals surface area (Å²) in [5, 5.41) is 12.8. The molecule has 2 aromatic rings. The molecular weight excluding hydrogens is 284 g/mol. The zero-order chi connectivity index (χ0) is 14.9. The van der Waals surface area contributed by atoms with Crippen LogP contribution in [0.15, 0.2) is 41.6 Å². The van der Waals surface area contributed by atoms with Gasteiger partial charge in [-0.05, 0) is 24.3 Å². The van der Waals surface area contributed by atoms with Crippen molar-refractivity contribution in [2.24, 2.45) is 7.05 Å². The van der Waals surface area contributed by atoms with Gasteiger partial charge in [0.2, 0.25) is 0 Å². The molecule has 1 aromatic carbocycles. The minimum atomic E-state index is 0.1000. The normalized spacial score (nSPS) is 10.0. The number of hydrogen-bond acceptors (Lipinski definition) is 4. The van der Waals surface area contributed by atoms with Crippen LogP contribution < -0.4 is 4.74 Å². The van der Waals surface area contributed by atoms with E-state index in [2.05, 4.69) is 16.9 Å². The van der Waals surface area contributed by atoms with Crippen LogP contribution in [0.5, 0.6) is 5.75 Å². The maximum Gasteiger partial charge on any atom is 0.119 e. The van der Waals surface area contributed by atoms with Crippen molar-refractivity contribution in [1.82, 2.24) is 9.78 Å². The molecule has 0 amide bonds. The van der Waals surface area contributed by atoms with Crippen molar-refractivity contribution in [3.05, 3.63) is 42.2 Å². The third-order valence-electron chi connectivity index (χ3n) is 2.63. The van der Waals surface area contributed by atoms with Gasteiger partial charge in [-0.15, -0.1) is 11.8 Å². The molecule has 0 aliphatic carbocycles.